The fraction of sp³-hybridized carbons (Fsp3) is 0.259. The van der Waals surface area contributed by atoms with Crippen LogP contribution < -0.4 is 20.7 Å². The Morgan fingerprint density at radius 3 is 2.38 bits per heavy atom. The summed E-state index contributed by atoms with van der Waals surface area (Å²) >= 11 is 0. The number of anilines is 1. The third kappa shape index (κ3) is 5.42. The van der Waals surface area contributed by atoms with E-state index in [9.17, 15) is 5.11 Å². The number of phenolic OH excluding ortho intramolecular Hbond substituents is 1. The molecule has 166 valence electrons. The first-order valence-electron chi connectivity index (χ1n) is 11.4. The van der Waals surface area contributed by atoms with Crippen molar-refractivity contribution in [3.05, 3.63) is 96.1 Å². The lowest BCUT2D eigenvalue weighted by Gasteiger charge is -2.36. The molecular weight excluding hydrogens is 398 g/mol. The van der Waals surface area contributed by atoms with E-state index in [1.165, 1.54) is 12.8 Å². The van der Waals surface area contributed by atoms with Gasteiger partial charge in [-0.15, -0.1) is 0 Å². The molecule has 3 N–H and O–H groups in total. The average molecular weight is 430 g/mol. The van der Waals surface area contributed by atoms with Crippen LogP contribution in [0.1, 0.15) is 49.8 Å². The van der Waals surface area contributed by atoms with Gasteiger partial charge in [-0.1, -0.05) is 86.8 Å². The van der Waals surface area contributed by atoms with Crippen molar-refractivity contribution in [2.45, 2.75) is 38.6 Å². The summed E-state index contributed by atoms with van der Waals surface area (Å²) in [5, 5.41) is 12.6. The molecule has 1 unspecified atom stereocenters. The maximum absolute atomic E-state index is 10.8. The average Bonchev–Trinajstić information content (AvgIpc) is 2.85. The number of benzene rings is 3. The second-order valence-corrected chi connectivity index (χ2v) is 7.97. The molecule has 0 aliphatic carbocycles. The van der Waals surface area contributed by atoms with Gasteiger partial charge in [0.25, 0.3) is 0 Å². The number of hydrogen-bond donors (Lipinski definition) is 3. The smallest absolute Gasteiger partial charge is 0.146 e. The zero-order chi connectivity index (χ0) is 22.2. The maximum Gasteiger partial charge on any atom is 0.146 e. The van der Waals surface area contributed by atoms with E-state index in [0.29, 0.717) is 18.0 Å². The number of nitrogens with one attached hydrogen (secondary N) is 2. The minimum absolute atomic E-state index is 0.0541. The summed E-state index contributed by atoms with van der Waals surface area (Å²) in [4.78, 5) is 0. The second kappa shape index (κ2) is 10.7. The number of rotatable bonds is 9. The van der Waals surface area contributed by atoms with Crippen LogP contribution in [-0.2, 0) is 0 Å². The van der Waals surface area contributed by atoms with Crippen molar-refractivity contribution in [3.63, 3.8) is 0 Å². The summed E-state index contributed by atoms with van der Waals surface area (Å²) < 4.78 is 5.83. The Balaban J connectivity index is 1.54. The second-order valence-electron chi connectivity index (χ2n) is 7.97. The summed E-state index contributed by atoms with van der Waals surface area (Å²) in [5.74, 6) is 0.829. The van der Waals surface area contributed by atoms with Gasteiger partial charge in [0.15, 0.2) is 0 Å². The van der Waals surface area contributed by atoms with Crippen molar-refractivity contribution in [1.29, 1.82) is 0 Å². The minimum Gasteiger partial charge on any atom is -0.505 e. The zero-order valence-electron chi connectivity index (χ0n) is 18.5. The molecule has 0 aromatic heterocycles. The fourth-order valence-electron chi connectivity index (χ4n) is 3.77. The van der Waals surface area contributed by atoms with Crippen LogP contribution >= 0.6 is 0 Å². The standard InChI is InChI=1S/C27H31N3O2/c1-2-3-4-11-18-32-23-16-17-26(27(31)19-23)30-28-24(21-12-7-5-8-13-21)20-25(29-30)22-14-9-6-10-15-22/h5-10,12-17,19-20,24,28-29,31H,2-4,11,18H2,1H3. The van der Waals surface area contributed by atoms with Gasteiger partial charge in [-0.3, -0.25) is 5.43 Å². The van der Waals surface area contributed by atoms with Crippen molar-refractivity contribution >= 4 is 11.4 Å². The van der Waals surface area contributed by atoms with Crippen LogP contribution in [0.5, 0.6) is 11.5 Å². The first kappa shape index (κ1) is 21.8. The zero-order valence-corrected chi connectivity index (χ0v) is 18.5. The van der Waals surface area contributed by atoms with E-state index in [1.54, 1.807) is 11.2 Å². The van der Waals surface area contributed by atoms with E-state index in [1.807, 2.05) is 48.5 Å². The molecular formula is C27H31N3O2. The molecule has 0 spiro atoms. The largest absolute Gasteiger partial charge is 0.505 e. The summed E-state index contributed by atoms with van der Waals surface area (Å²) in [5.41, 5.74) is 10.7. The Morgan fingerprint density at radius 2 is 1.66 bits per heavy atom. The molecule has 5 heteroatoms. The number of nitrogens with zero attached hydrogens (tertiary/aromatic N) is 1. The van der Waals surface area contributed by atoms with Crippen molar-refractivity contribution in [3.8, 4) is 11.5 Å². The minimum atomic E-state index is -0.0541. The third-order valence-corrected chi connectivity index (χ3v) is 5.53. The van der Waals surface area contributed by atoms with Crippen LogP contribution in [0, 0.1) is 0 Å². The number of ether oxygens (including phenoxy) is 1. The first-order valence-corrected chi connectivity index (χ1v) is 11.4. The lowest BCUT2D eigenvalue weighted by molar-refractivity contribution is 0.303. The Labute approximate surface area is 190 Å². The Morgan fingerprint density at radius 1 is 0.906 bits per heavy atom. The van der Waals surface area contributed by atoms with Crippen LogP contribution in [0.25, 0.3) is 5.70 Å². The molecule has 0 amide bonds. The highest BCUT2D eigenvalue weighted by atomic mass is 16.5. The molecule has 0 fully saturated rings. The van der Waals surface area contributed by atoms with Gasteiger partial charge in [0.1, 0.15) is 17.2 Å². The molecule has 0 saturated carbocycles. The van der Waals surface area contributed by atoms with Crippen LogP contribution in [0.2, 0.25) is 0 Å². The van der Waals surface area contributed by atoms with E-state index in [-0.39, 0.29) is 11.8 Å². The van der Waals surface area contributed by atoms with E-state index < -0.39 is 0 Å². The van der Waals surface area contributed by atoms with Gasteiger partial charge >= 0.3 is 0 Å². The summed E-state index contributed by atoms with van der Waals surface area (Å²) in [6.07, 6.45) is 6.77. The molecule has 5 nitrogen and oxygen atoms in total. The van der Waals surface area contributed by atoms with Crippen LogP contribution in [0.3, 0.4) is 0 Å². The number of hydrazine groups is 2. The van der Waals surface area contributed by atoms with Crippen molar-refractivity contribution in [2.24, 2.45) is 0 Å². The first-order chi connectivity index (χ1) is 15.7. The Hall–Kier alpha value is -3.44. The molecule has 1 atom stereocenters. The highest BCUT2D eigenvalue weighted by Crippen LogP contribution is 2.33. The van der Waals surface area contributed by atoms with Crippen molar-refractivity contribution in [2.75, 3.05) is 11.7 Å². The van der Waals surface area contributed by atoms with E-state index in [4.69, 9.17) is 4.74 Å². The number of unbranched alkanes of at least 4 members (excludes halogenated alkanes) is 3. The fourth-order valence-corrected chi connectivity index (χ4v) is 3.77. The number of hydrogen-bond acceptors (Lipinski definition) is 5. The van der Waals surface area contributed by atoms with E-state index in [2.05, 4.69) is 48.1 Å². The molecule has 1 aliphatic rings. The van der Waals surface area contributed by atoms with Gasteiger partial charge < -0.3 is 9.84 Å². The molecule has 32 heavy (non-hydrogen) atoms. The van der Waals surface area contributed by atoms with Crippen LogP contribution in [-0.4, -0.2) is 11.7 Å². The monoisotopic (exact) mass is 429 g/mol. The van der Waals surface area contributed by atoms with E-state index in [0.717, 1.165) is 29.7 Å². The molecule has 1 aliphatic heterocycles. The molecule has 0 radical (unpaired) electrons. The van der Waals surface area contributed by atoms with Gasteiger partial charge in [0.2, 0.25) is 0 Å². The lowest BCUT2D eigenvalue weighted by Crippen LogP contribution is -2.52. The highest BCUT2D eigenvalue weighted by molar-refractivity contribution is 5.70. The van der Waals surface area contributed by atoms with E-state index >= 15 is 0 Å². The molecule has 0 saturated heterocycles. The van der Waals surface area contributed by atoms with Gasteiger partial charge in [-0.2, -0.15) is 0 Å². The quantitative estimate of drug-likeness (QED) is 0.366. The molecule has 1 heterocycles. The van der Waals surface area contributed by atoms with Crippen LogP contribution in [0.4, 0.5) is 5.69 Å². The van der Waals surface area contributed by atoms with Crippen molar-refractivity contribution < 1.29 is 9.84 Å². The number of aromatic hydroxyl groups is 1. The summed E-state index contributed by atoms with van der Waals surface area (Å²) in [6.45, 7) is 2.86. The highest BCUT2D eigenvalue weighted by Gasteiger charge is 2.23. The Kier molecular flexibility index (Phi) is 7.31. The summed E-state index contributed by atoms with van der Waals surface area (Å²) in [7, 11) is 0. The Bertz CT molecular complexity index is 1020. The van der Waals surface area contributed by atoms with Gasteiger partial charge in [-0.25, -0.2) is 10.5 Å². The lowest BCUT2D eigenvalue weighted by atomic mass is 10.0. The van der Waals surface area contributed by atoms with Gasteiger partial charge in [0, 0.05) is 6.07 Å². The maximum atomic E-state index is 10.8. The van der Waals surface area contributed by atoms with Crippen molar-refractivity contribution in [1.82, 2.24) is 10.9 Å². The molecule has 3 aromatic rings. The number of phenols is 1. The molecule has 0 bridgehead atoms. The van der Waals surface area contributed by atoms with Crippen LogP contribution in [0.15, 0.2) is 84.9 Å². The van der Waals surface area contributed by atoms with Gasteiger partial charge in [-0.05, 0) is 35.8 Å². The normalized spacial score (nSPS) is 15.7. The molecule has 4 rings (SSSR count). The SMILES string of the molecule is CCCCCCOc1ccc(N2NC(c3ccccc3)=CC(c3ccccc3)N2)c(O)c1. The molecule has 3 aromatic carbocycles. The predicted molar refractivity (Wildman–Crippen MR) is 130 cm³/mol. The van der Waals surface area contributed by atoms with Gasteiger partial charge in [0.05, 0.1) is 18.3 Å². The summed E-state index contributed by atoms with van der Waals surface area (Å²) in [6, 6.07) is 25.8. The third-order valence-electron chi connectivity index (χ3n) is 5.53. The topological polar surface area (TPSA) is 56.8 Å². The predicted octanol–water partition coefficient (Wildman–Crippen LogP) is 5.96.